The van der Waals surface area contributed by atoms with E-state index in [-0.39, 0.29) is 11.8 Å². The zero-order valence-electron chi connectivity index (χ0n) is 19.8. The largest absolute Gasteiger partial charge is 0.366 e. The number of hydrogen-bond acceptors (Lipinski definition) is 3. The van der Waals surface area contributed by atoms with Crippen molar-refractivity contribution in [1.29, 1.82) is 0 Å². The Hall–Kier alpha value is -2.88. The molecule has 2 aliphatic heterocycles. The van der Waals surface area contributed by atoms with Gasteiger partial charge in [0.05, 0.1) is 11.3 Å². The second-order valence-corrected chi connectivity index (χ2v) is 9.41. The third-order valence-electron chi connectivity index (χ3n) is 6.97. The lowest BCUT2D eigenvalue weighted by atomic mass is 9.96. The van der Waals surface area contributed by atoms with Gasteiger partial charge in [-0.25, -0.2) is 4.90 Å². The molecule has 1 saturated heterocycles. The Morgan fingerprint density at radius 1 is 0.906 bits per heavy atom. The summed E-state index contributed by atoms with van der Waals surface area (Å²) in [5, 5.41) is 0. The normalized spacial score (nSPS) is 17.6. The predicted molar refractivity (Wildman–Crippen MR) is 130 cm³/mol. The van der Waals surface area contributed by atoms with E-state index in [2.05, 4.69) is 32.6 Å². The van der Waals surface area contributed by atoms with Gasteiger partial charge in [0.1, 0.15) is 5.70 Å². The highest BCUT2D eigenvalue weighted by Crippen LogP contribution is 2.37. The Labute approximate surface area is 191 Å². The molecular formula is C28H34N2O2. The molecule has 0 N–H and O–H groups in total. The van der Waals surface area contributed by atoms with Gasteiger partial charge in [-0.3, -0.25) is 9.59 Å². The van der Waals surface area contributed by atoms with Crippen molar-refractivity contribution >= 4 is 23.1 Å². The fourth-order valence-electron chi connectivity index (χ4n) is 4.63. The highest BCUT2D eigenvalue weighted by molar-refractivity contribution is 6.45. The van der Waals surface area contributed by atoms with E-state index in [0.29, 0.717) is 22.9 Å². The molecule has 2 heterocycles. The van der Waals surface area contributed by atoms with Crippen molar-refractivity contribution in [3.05, 3.63) is 70.4 Å². The number of aryl methyl sites for hydroxylation is 3. The number of carbonyl (C=O) groups excluding carboxylic acids is 2. The molecule has 0 bridgehead atoms. The zero-order chi connectivity index (χ0) is 22.8. The summed E-state index contributed by atoms with van der Waals surface area (Å²) in [5.41, 5.74) is 6.15. The summed E-state index contributed by atoms with van der Waals surface area (Å²) in [4.78, 5) is 30.9. The van der Waals surface area contributed by atoms with Gasteiger partial charge < -0.3 is 4.90 Å². The van der Waals surface area contributed by atoms with Gasteiger partial charge in [-0.2, -0.15) is 0 Å². The number of benzene rings is 2. The second-order valence-electron chi connectivity index (χ2n) is 9.41. The molecule has 32 heavy (non-hydrogen) atoms. The van der Waals surface area contributed by atoms with Gasteiger partial charge in [0.2, 0.25) is 0 Å². The molecule has 0 spiro atoms. The van der Waals surface area contributed by atoms with Crippen LogP contribution in [0.4, 0.5) is 5.69 Å². The van der Waals surface area contributed by atoms with Crippen molar-refractivity contribution in [2.24, 2.45) is 5.92 Å². The molecule has 2 aromatic rings. The molecule has 4 rings (SSSR count). The molecule has 0 aromatic heterocycles. The standard InChI is InChI=1S/C28H34N2O2/c1-5-6-7-22-9-12-24(13-10-22)30-27(31)25(23-11-8-20(3)21(4)18-23)26(28(30)32)29-16-14-19(2)15-17-29/h8-13,18-19H,5-7,14-17H2,1-4H3. The van der Waals surface area contributed by atoms with Gasteiger partial charge in [-0.15, -0.1) is 0 Å². The Kier molecular flexibility index (Phi) is 6.50. The maximum Gasteiger partial charge on any atom is 0.282 e. The minimum Gasteiger partial charge on any atom is -0.366 e. The maximum absolute atomic E-state index is 13.7. The first-order valence-electron chi connectivity index (χ1n) is 11.9. The van der Waals surface area contributed by atoms with E-state index in [1.165, 1.54) is 16.0 Å². The van der Waals surface area contributed by atoms with Crippen LogP contribution in [0.1, 0.15) is 61.8 Å². The van der Waals surface area contributed by atoms with Gasteiger partial charge in [0.15, 0.2) is 0 Å². The van der Waals surface area contributed by atoms with Crippen LogP contribution in [0, 0.1) is 19.8 Å². The summed E-state index contributed by atoms with van der Waals surface area (Å²) >= 11 is 0. The summed E-state index contributed by atoms with van der Waals surface area (Å²) in [6, 6.07) is 14.0. The Balaban J connectivity index is 1.73. The van der Waals surface area contributed by atoms with Crippen molar-refractivity contribution in [3.63, 3.8) is 0 Å². The molecule has 0 radical (unpaired) electrons. The monoisotopic (exact) mass is 430 g/mol. The van der Waals surface area contributed by atoms with E-state index < -0.39 is 0 Å². The Bertz CT molecular complexity index is 1040. The summed E-state index contributed by atoms with van der Waals surface area (Å²) in [5.74, 6) is 0.239. The summed E-state index contributed by atoms with van der Waals surface area (Å²) < 4.78 is 0. The highest BCUT2D eigenvalue weighted by atomic mass is 16.2. The van der Waals surface area contributed by atoms with Gasteiger partial charge in [0, 0.05) is 13.1 Å². The van der Waals surface area contributed by atoms with Crippen LogP contribution >= 0.6 is 0 Å². The number of anilines is 1. The molecule has 168 valence electrons. The third kappa shape index (κ3) is 4.23. The molecule has 0 saturated carbocycles. The first-order chi connectivity index (χ1) is 15.4. The van der Waals surface area contributed by atoms with E-state index in [1.54, 1.807) is 0 Å². The number of imide groups is 1. The smallest absolute Gasteiger partial charge is 0.282 e. The number of nitrogens with zero attached hydrogens (tertiary/aromatic N) is 2. The average molecular weight is 431 g/mol. The summed E-state index contributed by atoms with van der Waals surface area (Å²) in [6.45, 7) is 10.2. The molecular weight excluding hydrogens is 396 g/mol. The fraction of sp³-hybridized carbons (Fsp3) is 0.429. The maximum atomic E-state index is 13.7. The summed E-state index contributed by atoms with van der Waals surface area (Å²) in [6.07, 6.45) is 5.37. The van der Waals surface area contributed by atoms with E-state index in [0.717, 1.165) is 56.3 Å². The lowest BCUT2D eigenvalue weighted by Gasteiger charge is -2.32. The van der Waals surface area contributed by atoms with Gasteiger partial charge in [-0.1, -0.05) is 50.6 Å². The first kappa shape index (κ1) is 22.3. The molecule has 4 heteroatoms. The van der Waals surface area contributed by atoms with E-state index in [4.69, 9.17) is 0 Å². The number of rotatable bonds is 6. The van der Waals surface area contributed by atoms with Crippen LogP contribution < -0.4 is 4.90 Å². The molecule has 2 aliphatic rings. The fourth-order valence-corrected chi connectivity index (χ4v) is 4.63. The SMILES string of the molecule is CCCCc1ccc(N2C(=O)C(c3ccc(C)c(C)c3)=C(N3CCC(C)CC3)C2=O)cc1. The topological polar surface area (TPSA) is 40.6 Å². The number of amides is 2. The van der Waals surface area contributed by atoms with Crippen molar-refractivity contribution in [2.45, 2.75) is 59.8 Å². The van der Waals surface area contributed by atoms with Crippen LogP contribution in [0.15, 0.2) is 48.2 Å². The number of hydrogen-bond donors (Lipinski definition) is 0. The minimum absolute atomic E-state index is 0.195. The number of likely N-dealkylation sites (tertiary alicyclic amines) is 1. The molecule has 0 unspecified atom stereocenters. The van der Waals surface area contributed by atoms with Crippen LogP contribution in [-0.2, 0) is 16.0 Å². The van der Waals surface area contributed by atoms with Crippen molar-refractivity contribution in [1.82, 2.24) is 4.90 Å². The van der Waals surface area contributed by atoms with Gasteiger partial charge >= 0.3 is 0 Å². The van der Waals surface area contributed by atoms with Crippen LogP contribution in [0.5, 0.6) is 0 Å². The number of piperidine rings is 1. The number of unbranched alkanes of at least 4 members (excludes halogenated alkanes) is 1. The molecule has 0 atom stereocenters. The Morgan fingerprint density at radius 3 is 2.22 bits per heavy atom. The van der Waals surface area contributed by atoms with Crippen molar-refractivity contribution in [2.75, 3.05) is 18.0 Å². The molecule has 2 aromatic carbocycles. The van der Waals surface area contributed by atoms with Crippen LogP contribution in [0.2, 0.25) is 0 Å². The van der Waals surface area contributed by atoms with E-state index >= 15 is 0 Å². The second kappa shape index (κ2) is 9.32. The molecule has 4 nitrogen and oxygen atoms in total. The quantitative estimate of drug-likeness (QED) is 0.555. The van der Waals surface area contributed by atoms with E-state index in [9.17, 15) is 9.59 Å². The average Bonchev–Trinajstić information content (AvgIpc) is 3.05. The van der Waals surface area contributed by atoms with Crippen LogP contribution in [-0.4, -0.2) is 29.8 Å². The molecule has 0 aliphatic carbocycles. The molecule has 2 amide bonds. The van der Waals surface area contributed by atoms with Crippen LogP contribution in [0.25, 0.3) is 5.57 Å². The molecule has 1 fully saturated rings. The zero-order valence-corrected chi connectivity index (χ0v) is 19.8. The highest BCUT2D eigenvalue weighted by Gasteiger charge is 2.43. The summed E-state index contributed by atoms with van der Waals surface area (Å²) in [7, 11) is 0. The Morgan fingerprint density at radius 2 is 1.59 bits per heavy atom. The lowest BCUT2D eigenvalue weighted by Crippen LogP contribution is -2.38. The van der Waals surface area contributed by atoms with Gasteiger partial charge in [-0.05, 0) is 79.8 Å². The predicted octanol–water partition coefficient (Wildman–Crippen LogP) is 5.66. The van der Waals surface area contributed by atoms with E-state index in [1.807, 2.05) is 42.5 Å². The third-order valence-corrected chi connectivity index (χ3v) is 6.97. The van der Waals surface area contributed by atoms with Crippen molar-refractivity contribution < 1.29 is 9.59 Å². The van der Waals surface area contributed by atoms with Crippen molar-refractivity contribution in [3.8, 4) is 0 Å². The lowest BCUT2D eigenvalue weighted by molar-refractivity contribution is -0.120. The first-order valence-corrected chi connectivity index (χ1v) is 11.9. The number of carbonyl (C=O) groups is 2. The van der Waals surface area contributed by atoms with Gasteiger partial charge in [0.25, 0.3) is 11.8 Å². The minimum atomic E-state index is -0.215. The van der Waals surface area contributed by atoms with Crippen LogP contribution in [0.3, 0.4) is 0 Å².